The van der Waals surface area contributed by atoms with Crippen LogP contribution in [0.4, 0.5) is 0 Å². The molecule has 2 nitrogen and oxygen atoms in total. The molecule has 0 bridgehead atoms. The Morgan fingerprint density at radius 1 is 1.50 bits per heavy atom. The molecule has 10 heavy (non-hydrogen) atoms. The third-order valence-corrected chi connectivity index (χ3v) is 2.85. The molecular weight excluding hydrogens is 150 g/mol. The van der Waals surface area contributed by atoms with E-state index in [-0.39, 0.29) is 12.4 Å². The van der Waals surface area contributed by atoms with Crippen molar-refractivity contribution >= 4 is 12.4 Å². The first-order valence-electron chi connectivity index (χ1n) is 3.69. The van der Waals surface area contributed by atoms with Crippen LogP contribution in [0.3, 0.4) is 0 Å². The summed E-state index contributed by atoms with van der Waals surface area (Å²) in [5, 5.41) is 12.2. The van der Waals surface area contributed by atoms with Gasteiger partial charge in [0.1, 0.15) is 0 Å². The highest BCUT2D eigenvalue weighted by Gasteiger charge is 2.51. The van der Waals surface area contributed by atoms with Crippen molar-refractivity contribution < 1.29 is 5.11 Å². The number of aliphatic hydroxyl groups excluding tert-OH is 1. The fourth-order valence-corrected chi connectivity index (χ4v) is 1.86. The van der Waals surface area contributed by atoms with Crippen LogP contribution in [-0.4, -0.2) is 24.8 Å². The van der Waals surface area contributed by atoms with Crippen LogP contribution in [0, 0.1) is 11.3 Å². The molecule has 2 N–H and O–H groups in total. The molecule has 1 saturated carbocycles. The van der Waals surface area contributed by atoms with E-state index in [1.54, 1.807) is 0 Å². The number of halogens is 1. The van der Waals surface area contributed by atoms with E-state index in [0.717, 1.165) is 13.1 Å². The Labute approximate surface area is 67.4 Å². The second-order valence-electron chi connectivity index (χ2n) is 3.37. The molecule has 2 rings (SSSR count). The quantitative estimate of drug-likeness (QED) is 0.587. The zero-order chi connectivity index (χ0) is 6.32. The van der Waals surface area contributed by atoms with Crippen LogP contribution in [0.2, 0.25) is 0 Å². The standard InChI is InChI=1S/C7H13NO.ClH/c9-4-6-3-8-5-7(6)1-2-7;/h6,8-9H,1-5H2;1H. The fourth-order valence-electron chi connectivity index (χ4n) is 1.86. The summed E-state index contributed by atoms with van der Waals surface area (Å²) < 4.78 is 0. The lowest BCUT2D eigenvalue weighted by molar-refractivity contribution is 0.196. The summed E-state index contributed by atoms with van der Waals surface area (Å²) in [6, 6.07) is 0. The lowest BCUT2D eigenvalue weighted by Crippen LogP contribution is -2.16. The third-order valence-electron chi connectivity index (χ3n) is 2.85. The molecule has 0 radical (unpaired) electrons. The van der Waals surface area contributed by atoms with Crippen LogP contribution in [0.5, 0.6) is 0 Å². The summed E-state index contributed by atoms with van der Waals surface area (Å²) in [5.74, 6) is 0.567. The minimum Gasteiger partial charge on any atom is -0.396 e. The van der Waals surface area contributed by atoms with E-state index in [1.807, 2.05) is 0 Å². The summed E-state index contributed by atoms with van der Waals surface area (Å²) in [6.45, 7) is 2.57. The normalized spacial score (nSPS) is 33.9. The van der Waals surface area contributed by atoms with E-state index < -0.39 is 0 Å². The van der Waals surface area contributed by atoms with Crippen LogP contribution in [-0.2, 0) is 0 Å². The first-order chi connectivity index (χ1) is 4.37. The first kappa shape index (κ1) is 8.31. The molecule has 1 atom stereocenters. The van der Waals surface area contributed by atoms with Gasteiger partial charge in [-0.25, -0.2) is 0 Å². The highest BCUT2D eigenvalue weighted by atomic mass is 35.5. The Balaban J connectivity index is 0.000000500. The van der Waals surface area contributed by atoms with Gasteiger partial charge in [-0.3, -0.25) is 0 Å². The van der Waals surface area contributed by atoms with Gasteiger partial charge in [-0.15, -0.1) is 12.4 Å². The number of hydrogen-bond acceptors (Lipinski definition) is 2. The predicted octanol–water partition coefficient (Wildman–Crippen LogP) is 0.400. The Hall–Kier alpha value is 0.210. The number of rotatable bonds is 1. The largest absolute Gasteiger partial charge is 0.396 e. The van der Waals surface area contributed by atoms with Crippen molar-refractivity contribution in [3.05, 3.63) is 0 Å². The van der Waals surface area contributed by atoms with E-state index in [4.69, 9.17) is 5.11 Å². The number of hydrogen-bond donors (Lipinski definition) is 2. The highest BCUT2D eigenvalue weighted by molar-refractivity contribution is 5.85. The molecule has 1 aliphatic carbocycles. The Morgan fingerprint density at radius 2 is 2.20 bits per heavy atom. The highest BCUT2D eigenvalue weighted by Crippen LogP contribution is 2.53. The molecule has 0 aromatic carbocycles. The summed E-state index contributed by atoms with van der Waals surface area (Å²) in [5.41, 5.74) is 0.550. The Morgan fingerprint density at radius 3 is 2.60 bits per heavy atom. The molecule has 1 saturated heterocycles. The molecule has 1 aliphatic heterocycles. The van der Waals surface area contributed by atoms with Gasteiger partial charge < -0.3 is 10.4 Å². The summed E-state index contributed by atoms with van der Waals surface area (Å²) in [4.78, 5) is 0. The van der Waals surface area contributed by atoms with Gasteiger partial charge in [0, 0.05) is 25.6 Å². The molecule has 0 aromatic heterocycles. The monoisotopic (exact) mass is 163 g/mol. The van der Waals surface area contributed by atoms with Gasteiger partial charge in [0.2, 0.25) is 0 Å². The zero-order valence-electron chi connectivity index (χ0n) is 5.97. The van der Waals surface area contributed by atoms with E-state index in [0.29, 0.717) is 17.9 Å². The predicted molar refractivity (Wildman–Crippen MR) is 42.4 cm³/mol. The maximum atomic E-state index is 8.90. The Bertz CT molecular complexity index is 125. The van der Waals surface area contributed by atoms with E-state index in [1.165, 1.54) is 12.8 Å². The topological polar surface area (TPSA) is 32.3 Å². The smallest absolute Gasteiger partial charge is 0.0477 e. The van der Waals surface area contributed by atoms with Gasteiger partial charge in [-0.1, -0.05) is 0 Å². The van der Waals surface area contributed by atoms with Crippen LogP contribution < -0.4 is 5.32 Å². The second kappa shape index (κ2) is 2.68. The van der Waals surface area contributed by atoms with Crippen LogP contribution in [0.15, 0.2) is 0 Å². The molecule has 0 aromatic rings. The van der Waals surface area contributed by atoms with Crippen molar-refractivity contribution in [2.75, 3.05) is 19.7 Å². The summed E-state index contributed by atoms with van der Waals surface area (Å²) in [7, 11) is 0. The molecule has 2 fully saturated rings. The minimum absolute atomic E-state index is 0. The van der Waals surface area contributed by atoms with Gasteiger partial charge in [0.15, 0.2) is 0 Å². The van der Waals surface area contributed by atoms with Gasteiger partial charge in [0.05, 0.1) is 0 Å². The number of aliphatic hydroxyl groups is 1. The molecule has 0 amide bonds. The average molecular weight is 164 g/mol. The van der Waals surface area contributed by atoms with Crippen LogP contribution >= 0.6 is 12.4 Å². The summed E-state index contributed by atoms with van der Waals surface area (Å²) in [6.07, 6.45) is 2.68. The molecule has 2 aliphatic rings. The second-order valence-corrected chi connectivity index (χ2v) is 3.37. The van der Waals surface area contributed by atoms with Gasteiger partial charge in [0.25, 0.3) is 0 Å². The lowest BCUT2D eigenvalue weighted by atomic mass is 9.94. The molecule has 1 unspecified atom stereocenters. The van der Waals surface area contributed by atoms with Crippen molar-refractivity contribution in [3.8, 4) is 0 Å². The fraction of sp³-hybridized carbons (Fsp3) is 1.00. The zero-order valence-corrected chi connectivity index (χ0v) is 6.78. The summed E-state index contributed by atoms with van der Waals surface area (Å²) >= 11 is 0. The molecule has 1 spiro atoms. The molecular formula is C7H14ClNO. The number of nitrogens with one attached hydrogen (secondary N) is 1. The Kier molecular flexibility index (Phi) is 2.23. The first-order valence-corrected chi connectivity index (χ1v) is 3.69. The van der Waals surface area contributed by atoms with Gasteiger partial charge >= 0.3 is 0 Å². The van der Waals surface area contributed by atoms with E-state index in [9.17, 15) is 0 Å². The third kappa shape index (κ3) is 1.04. The van der Waals surface area contributed by atoms with E-state index in [2.05, 4.69) is 5.32 Å². The molecule has 1 heterocycles. The van der Waals surface area contributed by atoms with E-state index >= 15 is 0 Å². The van der Waals surface area contributed by atoms with Crippen molar-refractivity contribution in [3.63, 3.8) is 0 Å². The molecule has 3 heteroatoms. The van der Waals surface area contributed by atoms with Crippen LogP contribution in [0.1, 0.15) is 12.8 Å². The van der Waals surface area contributed by atoms with Crippen molar-refractivity contribution in [1.82, 2.24) is 5.32 Å². The minimum atomic E-state index is 0. The van der Waals surface area contributed by atoms with Gasteiger partial charge in [-0.05, 0) is 18.3 Å². The average Bonchev–Trinajstić information content (AvgIpc) is 2.45. The van der Waals surface area contributed by atoms with Crippen molar-refractivity contribution in [2.24, 2.45) is 11.3 Å². The lowest BCUT2D eigenvalue weighted by Gasteiger charge is -2.12. The maximum absolute atomic E-state index is 8.90. The van der Waals surface area contributed by atoms with Crippen LogP contribution in [0.25, 0.3) is 0 Å². The maximum Gasteiger partial charge on any atom is 0.0477 e. The SMILES string of the molecule is Cl.OCC1CNCC12CC2. The molecule has 60 valence electrons. The van der Waals surface area contributed by atoms with Crippen molar-refractivity contribution in [2.45, 2.75) is 12.8 Å². The van der Waals surface area contributed by atoms with Gasteiger partial charge in [-0.2, -0.15) is 0 Å². The van der Waals surface area contributed by atoms with Crippen molar-refractivity contribution in [1.29, 1.82) is 0 Å².